The lowest BCUT2D eigenvalue weighted by Gasteiger charge is -2.19. The van der Waals surface area contributed by atoms with Crippen molar-refractivity contribution < 1.29 is 13.6 Å². The van der Waals surface area contributed by atoms with Gasteiger partial charge in [0.05, 0.1) is 18.5 Å². The predicted octanol–water partition coefficient (Wildman–Crippen LogP) is 4.23. The van der Waals surface area contributed by atoms with Gasteiger partial charge in [0, 0.05) is 0 Å². The maximum Gasteiger partial charge on any atom is 0.361 e. The fraction of sp³-hybridized carbons (Fsp3) is 0.385. The zero-order valence-corrected chi connectivity index (χ0v) is 11.5. The lowest BCUT2D eigenvalue weighted by Crippen LogP contribution is -1.97. The summed E-state index contributed by atoms with van der Waals surface area (Å²) in [4.78, 5) is 0. The van der Waals surface area contributed by atoms with Gasteiger partial charge in [-0.2, -0.15) is 0 Å². The van der Waals surface area contributed by atoms with Gasteiger partial charge >= 0.3 is 7.60 Å². The second-order valence-electron chi connectivity index (χ2n) is 3.65. The molecule has 17 heavy (non-hydrogen) atoms. The normalized spacial score (nSPS) is 11.5. The van der Waals surface area contributed by atoms with Crippen LogP contribution in [0.25, 0.3) is 5.31 Å². The summed E-state index contributed by atoms with van der Waals surface area (Å²) in [6.07, 6.45) is 0. The molecule has 0 unspecified atom stereocenters. The Bertz CT molecular complexity index is 413. The second-order valence-corrected chi connectivity index (χ2v) is 5.70. The SMILES string of the molecule is C=C(c1ccc(C)cc1)P(=O)(OCC)OCC. The Kier molecular flexibility index (Phi) is 5.13. The van der Waals surface area contributed by atoms with Crippen molar-refractivity contribution in [2.45, 2.75) is 20.8 Å². The highest BCUT2D eigenvalue weighted by molar-refractivity contribution is 7.65. The van der Waals surface area contributed by atoms with E-state index in [1.165, 1.54) is 0 Å². The first-order chi connectivity index (χ1) is 8.03. The van der Waals surface area contributed by atoms with Crippen molar-refractivity contribution in [1.82, 2.24) is 0 Å². The molecule has 3 nitrogen and oxygen atoms in total. The van der Waals surface area contributed by atoms with Crippen LogP contribution in [0, 0.1) is 6.92 Å². The minimum atomic E-state index is -3.24. The van der Waals surface area contributed by atoms with Gasteiger partial charge in [-0.3, -0.25) is 4.57 Å². The van der Waals surface area contributed by atoms with Gasteiger partial charge in [0.2, 0.25) is 0 Å². The molecule has 0 saturated carbocycles. The van der Waals surface area contributed by atoms with E-state index < -0.39 is 7.60 Å². The topological polar surface area (TPSA) is 35.5 Å². The van der Waals surface area contributed by atoms with E-state index in [1.54, 1.807) is 13.8 Å². The van der Waals surface area contributed by atoms with Crippen LogP contribution in [0.15, 0.2) is 30.8 Å². The van der Waals surface area contributed by atoms with E-state index in [-0.39, 0.29) is 0 Å². The molecule has 94 valence electrons. The zero-order chi connectivity index (χ0) is 12.9. The highest BCUT2D eigenvalue weighted by atomic mass is 31.2. The average molecular weight is 254 g/mol. The van der Waals surface area contributed by atoms with Crippen LogP contribution in [0.1, 0.15) is 25.0 Å². The minimum absolute atomic E-state index is 0.335. The van der Waals surface area contributed by atoms with Gasteiger partial charge in [-0.25, -0.2) is 0 Å². The fourth-order valence-electron chi connectivity index (χ4n) is 1.44. The monoisotopic (exact) mass is 254 g/mol. The van der Waals surface area contributed by atoms with Crippen LogP contribution in [-0.2, 0) is 13.6 Å². The van der Waals surface area contributed by atoms with Crippen molar-refractivity contribution >= 4 is 12.9 Å². The van der Waals surface area contributed by atoms with E-state index in [1.807, 2.05) is 31.2 Å². The largest absolute Gasteiger partial charge is 0.361 e. The van der Waals surface area contributed by atoms with Crippen LogP contribution in [0.2, 0.25) is 0 Å². The molecule has 0 radical (unpaired) electrons. The summed E-state index contributed by atoms with van der Waals surface area (Å²) in [6.45, 7) is 10.1. The molecule has 0 aromatic heterocycles. The van der Waals surface area contributed by atoms with Crippen molar-refractivity contribution in [1.29, 1.82) is 0 Å². The maximum atomic E-state index is 12.5. The van der Waals surface area contributed by atoms with Gasteiger partial charge in [-0.05, 0) is 26.3 Å². The lowest BCUT2D eigenvalue weighted by molar-refractivity contribution is 0.230. The molecular weight excluding hydrogens is 235 g/mol. The fourth-order valence-corrected chi connectivity index (χ4v) is 2.97. The molecule has 0 heterocycles. The summed E-state index contributed by atoms with van der Waals surface area (Å²) in [7, 11) is -3.24. The predicted molar refractivity (Wildman–Crippen MR) is 71.1 cm³/mol. The molecule has 0 fully saturated rings. The average Bonchev–Trinajstić information content (AvgIpc) is 2.30. The van der Waals surface area contributed by atoms with Gasteiger partial charge in [-0.15, -0.1) is 0 Å². The van der Waals surface area contributed by atoms with Crippen LogP contribution in [-0.4, -0.2) is 13.2 Å². The quantitative estimate of drug-likeness (QED) is 0.712. The van der Waals surface area contributed by atoms with Crippen LogP contribution in [0.4, 0.5) is 0 Å². The number of hydrogen-bond acceptors (Lipinski definition) is 3. The van der Waals surface area contributed by atoms with Gasteiger partial charge < -0.3 is 9.05 Å². The molecule has 0 bridgehead atoms. The van der Waals surface area contributed by atoms with E-state index in [9.17, 15) is 4.57 Å². The van der Waals surface area contributed by atoms with Gasteiger partial charge in [-0.1, -0.05) is 36.4 Å². The number of rotatable bonds is 6. The Balaban J connectivity index is 2.99. The number of aryl methyl sites for hydroxylation is 1. The van der Waals surface area contributed by atoms with Crippen LogP contribution < -0.4 is 0 Å². The summed E-state index contributed by atoms with van der Waals surface area (Å²) >= 11 is 0. The Morgan fingerprint density at radius 1 is 1.18 bits per heavy atom. The summed E-state index contributed by atoms with van der Waals surface area (Å²) in [6, 6.07) is 7.65. The Labute approximate surface area is 103 Å². The van der Waals surface area contributed by atoms with E-state index in [0.717, 1.165) is 11.1 Å². The number of hydrogen-bond donors (Lipinski definition) is 0. The van der Waals surface area contributed by atoms with Gasteiger partial charge in [0.1, 0.15) is 0 Å². The molecule has 1 rings (SSSR count). The molecule has 1 aromatic rings. The smallest absolute Gasteiger partial charge is 0.305 e. The van der Waals surface area contributed by atoms with Gasteiger partial charge in [0.25, 0.3) is 0 Å². The van der Waals surface area contributed by atoms with Gasteiger partial charge in [0.15, 0.2) is 0 Å². The Morgan fingerprint density at radius 3 is 2.06 bits per heavy atom. The highest BCUT2D eigenvalue weighted by Gasteiger charge is 2.28. The lowest BCUT2D eigenvalue weighted by atomic mass is 10.1. The van der Waals surface area contributed by atoms with Crippen molar-refractivity contribution in [2.24, 2.45) is 0 Å². The standard InChI is InChI=1S/C13H19O3P/c1-5-15-17(14,16-6-2)12(4)13-9-7-11(3)8-10-13/h7-10H,4-6H2,1-3H3. The molecule has 0 saturated heterocycles. The van der Waals surface area contributed by atoms with Crippen molar-refractivity contribution in [3.8, 4) is 0 Å². The molecule has 0 spiro atoms. The van der Waals surface area contributed by atoms with Crippen LogP contribution in [0.5, 0.6) is 0 Å². The van der Waals surface area contributed by atoms with Crippen molar-refractivity contribution in [3.05, 3.63) is 42.0 Å². The zero-order valence-electron chi connectivity index (χ0n) is 10.6. The Morgan fingerprint density at radius 2 is 1.65 bits per heavy atom. The van der Waals surface area contributed by atoms with Crippen LogP contribution >= 0.6 is 7.60 Å². The molecular formula is C13H19O3P. The first kappa shape index (κ1) is 14.2. The molecule has 0 aliphatic carbocycles. The molecule has 0 aliphatic rings. The third-order valence-corrected chi connectivity index (χ3v) is 4.43. The van der Waals surface area contributed by atoms with E-state index in [2.05, 4.69) is 6.58 Å². The number of benzene rings is 1. The third-order valence-electron chi connectivity index (χ3n) is 2.31. The minimum Gasteiger partial charge on any atom is -0.305 e. The third kappa shape index (κ3) is 3.53. The first-order valence-electron chi connectivity index (χ1n) is 5.69. The van der Waals surface area contributed by atoms with Crippen molar-refractivity contribution in [2.75, 3.05) is 13.2 Å². The van der Waals surface area contributed by atoms with E-state index in [0.29, 0.717) is 18.5 Å². The molecule has 0 amide bonds. The summed E-state index contributed by atoms with van der Waals surface area (Å²) in [5, 5.41) is 0.418. The highest BCUT2D eigenvalue weighted by Crippen LogP contribution is 2.59. The second kappa shape index (κ2) is 6.15. The molecule has 0 aliphatic heterocycles. The maximum absolute atomic E-state index is 12.5. The Hall–Kier alpha value is -0.890. The summed E-state index contributed by atoms with van der Waals surface area (Å²) in [5.74, 6) is 0. The first-order valence-corrected chi connectivity index (χ1v) is 7.23. The summed E-state index contributed by atoms with van der Waals surface area (Å²) in [5.41, 5.74) is 1.94. The molecule has 0 N–H and O–H groups in total. The molecule has 1 aromatic carbocycles. The summed E-state index contributed by atoms with van der Waals surface area (Å²) < 4.78 is 23.0. The van der Waals surface area contributed by atoms with E-state index in [4.69, 9.17) is 9.05 Å². The molecule has 4 heteroatoms. The van der Waals surface area contributed by atoms with Crippen LogP contribution in [0.3, 0.4) is 0 Å². The molecule has 0 atom stereocenters. The van der Waals surface area contributed by atoms with E-state index >= 15 is 0 Å². The van der Waals surface area contributed by atoms with Crippen molar-refractivity contribution in [3.63, 3.8) is 0 Å².